The van der Waals surface area contributed by atoms with Gasteiger partial charge in [0.15, 0.2) is 0 Å². The Morgan fingerprint density at radius 2 is 2.22 bits per heavy atom. The van der Waals surface area contributed by atoms with Crippen LogP contribution >= 0.6 is 15.9 Å². The minimum atomic E-state index is -0.140. The Balaban J connectivity index is 2.65. The van der Waals surface area contributed by atoms with Crippen molar-refractivity contribution in [2.75, 3.05) is 20.3 Å². The number of halogens is 2. The fourth-order valence-corrected chi connectivity index (χ4v) is 2.26. The van der Waals surface area contributed by atoms with Crippen LogP contribution in [-0.2, 0) is 11.2 Å². The van der Waals surface area contributed by atoms with E-state index in [1.807, 2.05) is 6.07 Å². The molecule has 0 aliphatic carbocycles. The van der Waals surface area contributed by atoms with E-state index in [9.17, 15) is 4.39 Å². The van der Waals surface area contributed by atoms with Crippen molar-refractivity contribution < 1.29 is 9.13 Å². The summed E-state index contributed by atoms with van der Waals surface area (Å²) in [7, 11) is 1.69. The molecular formula is C14H21BrFNO. The summed E-state index contributed by atoms with van der Waals surface area (Å²) in [4.78, 5) is 0. The van der Waals surface area contributed by atoms with Gasteiger partial charge in [0.2, 0.25) is 0 Å². The Kier molecular flexibility index (Phi) is 7.47. The second kappa shape index (κ2) is 8.62. The zero-order valence-corrected chi connectivity index (χ0v) is 12.6. The summed E-state index contributed by atoms with van der Waals surface area (Å²) >= 11 is 3.38. The lowest BCUT2D eigenvalue weighted by atomic mass is 10.0. The lowest BCUT2D eigenvalue weighted by Gasteiger charge is -2.18. The van der Waals surface area contributed by atoms with Crippen molar-refractivity contribution in [2.45, 2.75) is 32.2 Å². The molecule has 1 aromatic rings. The number of hydrogen-bond acceptors (Lipinski definition) is 2. The van der Waals surface area contributed by atoms with Gasteiger partial charge >= 0.3 is 0 Å². The molecule has 1 rings (SSSR count). The maximum absolute atomic E-state index is 13.7. The van der Waals surface area contributed by atoms with E-state index < -0.39 is 0 Å². The molecule has 0 amide bonds. The average Bonchev–Trinajstić information content (AvgIpc) is 2.37. The summed E-state index contributed by atoms with van der Waals surface area (Å²) in [5.74, 6) is -0.140. The van der Waals surface area contributed by atoms with Gasteiger partial charge in [-0.3, -0.25) is 0 Å². The van der Waals surface area contributed by atoms with E-state index in [2.05, 4.69) is 28.2 Å². The molecule has 1 aromatic carbocycles. The highest BCUT2D eigenvalue weighted by Gasteiger charge is 2.12. The molecule has 0 radical (unpaired) electrons. The van der Waals surface area contributed by atoms with Crippen molar-refractivity contribution in [2.24, 2.45) is 0 Å². The number of ether oxygens (including phenoxy) is 1. The van der Waals surface area contributed by atoms with Crippen LogP contribution in [0.4, 0.5) is 4.39 Å². The van der Waals surface area contributed by atoms with Crippen LogP contribution in [0, 0.1) is 5.82 Å². The molecule has 0 saturated heterocycles. The molecule has 0 aromatic heterocycles. The Labute approximate surface area is 117 Å². The van der Waals surface area contributed by atoms with E-state index in [4.69, 9.17) is 4.74 Å². The first-order valence-corrected chi connectivity index (χ1v) is 7.13. The van der Waals surface area contributed by atoms with Crippen LogP contribution in [0.25, 0.3) is 0 Å². The second-order valence-corrected chi connectivity index (χ2v) is 5.29. The number of nitrogens with one attached hydrogen (secondary N) is 1. The molecule has 0 saturated carbocycles. The smallest absolute Gasteiger partial charge is 0.126 e. The Hall–Kier alpha value is -0.450. The van der Waals surface area contributed by atoms with E-state index in [0.29, 0.717) is 13.0 Å². The fourth-order valence-electron chi connectivity index (χ4n) is 1.85. The molecule has 0 spiro atoms. The van der Waals surface area contributed by atoms with Crippen molar-refractivity contribution in [1.82, 2.24) is 5.32 Å². The fraction of sp³-hybridized carbons (Fsp3) is 0.571. The summed E-state index contributed by atoms with van der Waals surface area (Å²) in [5.41, 5.74) is 0.745. The summed E-state index contributed by atoms with van der Waals surface area (Å²) in [5, 5.41) is 3.44. The van der Waals surface area contributed by atoms with Crippen LogP contribution in [-0.4, -0.2) is 26.3 Å². The van der Waals surface area contributed by atoms with Crippen LogP contribution in [0.1, 0.15) is 25.3 Å². The van der Waals surface area contributed by atoms with Gasteiger partial charge < -0.3 is 10.1 Å². The second-order valence-electron chi connectivity index (χ2n) is 4.37. The van der Waals surface area contributed by atoms with Crippen molar-refractivity contribution in [3.8, 4) is 0 Å². The van der Waals surface area contributed by atoms with Gasteiger partial charge in [-0.25, -0.2) is 4.39 Å². The van der Waals surface area contributed by atoms with Crippen LogP contribution in [0.5, 0.6) is 0 Å². The minimum absolute atomic E-state index is 0.140. The van der Waals surface area contributed by atoms with Crippen LogP contribution in [0.3, 0.4) is 0 Å². The highest BCUT2D eigenvalue weighted by atomic mass is 79.9. The predicted molar refractivity (Wildman–Crippen MR) is 76.4 cm³/mol. The van der Waals surface area contributed by atoms with Crippen LogP contribution < -0.4 is 5.32 Å². The third-order valence-corrected chi connectivity index (χ3v) is 3.32. The molecule has 4 heteroatoms. The number of hydrogen-bond donors (Lipinski definition) is 1. The molecule has 102 valence electrons. The topological polar surface area (TPSA) is 21.3 Å². The molecule has 1 atom stereocenters. The third-order valence-electron chi connectivity index (χ3n) is 2.83. The van der Waals surface area contributed by atoms with E-state index in [0.717, 1.165) is 29.4 Å². The molecule has 2 nitrogen and oxygen atoms in total. The van der Waals surface area contributed by atoms with Gasteiger partial charge in [0, 0.05) is 24.2 Å². The quantitative estimate of drug-likeness (QED) is 0.792. The molecular weight excluding hydrogens is 297 g/mol. The Morgan fingerprint density at radius 1 is 1.44 bits per heavy atom. The average molecular weight is 318 g/mol. The molecule has 1 unspecified atom stereocenters. The van der Waals surface area contributed by atoms with Crippen molar-refractivity contribution in [3.63, 3.8) is 0 Å². The highest BCUT2D eigenvalue weighted by Crippen LogP contribution is 2.17. The van der Waals surface area contributed by atoms with Gasteiger partial charge in [-0.15, -0.1) is 0 Å². The summed E-state index contributed by atoms with van der Waals surface area (Å²) in [6.07, 6.45) is 2.65. The van der Waals surface area contributed by atoms with Gasteiger partial charge in [-0.1, -0.05) is 22.9 Å². The normalized spacial score (nSPS) is 12.7. The molecule has 0 fully saturated rings. The molecule has 1 N–H and O–H groups in total. The van der Waals surface area contributed by atoms with Gasteiger partial charge in [-0.2, -0.15) is 0 Å². The van der Waals surface area contributed by atoms with Gasteiger partial charge in [0.05, 0.1) is 0 Å². The first-order chi connectivity index (χ1) is 8.67. The lowest BCUT2D eigenvalue weighted by Crippen LogP contribution is -2.33. The van der Waals surface area contributed by atoms with E-state index in [1.165, 1.54) is 6.07 Å². The molecule has 0 heterocycles. The molecule has 0 aliphatic heterocycles. The molecule has 0 aliphatic rings. The standard InChI is InChI=1S/C14H21BrFNO/c1-3-7-17-13(6-8-18-2)10-11-9-12(15)4-5-14(11)16/h4-5,9,13,17H,3,6-8,10H2,1-2H3. The number of rotatable bonds is 8. The summed E-state index contributed by atoms with van der Waals surface area (Å²) < 4.78 is 19.7. The molecule has 18 heavy (non-hydrogen) atoms. The number of methoxy groups -OCH3 is 1. The van der Waals surface area contributed by atoms with Crippen LogP contribution in [0.15, 0.2) is 22.7 Å². The van der Waals surface area contributed by atoms with Gasteiger partial charge in [-0.05, 0) is 49.6 Å². The highest BCUT2D eigenvalue weighted by molar-refractivity contribution is 9.10. The van der Waals surface area contributed by atoms with Crippen molar-refractivity contribution >= 4 is 15.9 Å². The predicted octanol–water partition coefficient (Wildman–Crippen LogP) is 3.54. The molecule has 0 bridgehead atoms. The van der Waals surface area contributed by atoms with E-state index >= 15 is 0 Å². The Morgan fingerprint density at radius 3 is 2.89 bits per heavy atom. The van der Waals surface area contributed by atoms with E-state index in [-0.39, 0.29) is 11.9 Å². The van der Waals surface area contributed by atoms with Crippen molar-refractivity contribution in [1.29, 1.82) is 0 Å². The largest absolute Gasteiger partial charge is 0.385 e. The maximum Gasteiger partial charge on any atom is 0.126 e. The number of benzene rings is 1. The monoisotopic (exact) mass is 317 g/mol. The summed E-state index contributed by atoms with van der Waals surface area (Å²) in [6.45, 7) is 3.76. The Bertz CT molecular complexity index is 352. The van der Waals surface area contributed by atoms with Gasteiger partial charge in [0.25, 0.3) is 0 Å². The minimum Gasteiger partial charge on any atom is -0.385 e. The third kappa shape index (κ3) is 5.46. The first kappa shape index (κ1) is 15.6. The summed E-state index contributed by atoms with van der Waals surface area (Å²) in [6, 6.07) is 5.34. The van der Waals surface area contributed by atoms with Gasteiger partial charge in [0.1, 0.15) is 5.82 Å². The first-order valence-electron chi connectivity index (χ1n) is 6.33. The van der Waals surface area contributed by atoms with E-state index in [1.54, 1.807) is 13.2 Å². The lowest BCUT2D eigenvalue weighted by molar-refractivity contribution is 0.182. The zero-order chi connectivity index (χ0) is 13.4. The van der Waals surface area contributed by atoms with Crippen LogP contribution in [0.2, 0.25) is 0 Å². The zero-order valence-electron chi connectivity index (χ0n) is 11.0. The maximum atomic E-state index is 13.7. The van der Waals surface area contributed by atoms with Crippen molar-refractivity contribution in [3.05, 3.63) is 34.1 Å². The SMILES string of the molecule is CCCNC(CCOC)Cc1cc(Br)ccc1F.